The molecule has 30 heavy (non-hydrogen) atoms. The number of esters is 1. The van der Waals surface area contributed by atoms with E-state index in [1.54, 1.807) is 12.1 Å². The molecule has 0 bridgehead atoms. The molecular formula is C24H23ClN2O3. The largest absolute Gasteiger partial charge is 0.452 e. The summed E-state index contributed by atoms with van der Waals surface area (Å²) in [6.07, 6.45) is 2.70. The van der Waals surface area contributed by atoms with Crippen molar-refractivity contribution in [2.75, 3.05) is 6.61 Å². The number of benzene rings is 2. The highest BCUT2D eigenvalue weighted by Gasteiger charge is 2.26. The molecule has 0 spiro atoms. The molecule has 1 unspecified atom stereocenters. The van der Waals surface area contributed by atoms with Crippen molar-refractivity contribution in [3.63, 3.8) is 0 Å². The van der Waals surface area contributed by atoms with Gasteiger partial charge < -0.3 is 10.1 Å². The first-order valence-corrected chi connectivity index (χ1v) is 10.5. The minimum atomic E-state index is -0.472. The van der Waals surface area contributed by atoms with E-state index in [9.17, 15) is 9.59 Å². The number of nitrogens with one attached hydrogen (secondary N) is 1. The topological polar surface area (TPSA) is 68.3 Å². The predicted octanol–water partition coefficient (Wildman–Crippen LogP) is 4.49. The van der Waals surface area contributed by atoms with Crippen LogP contribution in [0.4, 0.5) is 0 Å². The van der Waals surface area contributed by atoms with Crippen LogP contribution in [0.5, 0.6) is 0 Å². The zero-order chi connectivity index (χ0) is 21.1. The van der Waals surface area contributed by atoms with Crippen molar-refractivity contribution in [3.05, 3.63) is 75.9 Å². The smallest absolute Gasteiger partial charge is 0.339 e. The van der Waals surface area contributed by atoms with Gasteiger partial charge in [-0.1, -0.05) is 48.9 Å². The van der Waals surface area contributed by atoms with Crippen molar-refractivity contribution >= 4 is 34.4 Å². The fourth-order valence-electron chi connectivity index (χ4n) is 3.85. The molecule has 0 saturated heterocycles. The summed E-state index contributed by atoms with van der Waals surface area (Å²) >= 11 is 5.87. The lowest BCUT2D eigenvalue weighted by Gasteiger charge is -2.24. The van der Waals surface area contributed by atoms with Gasteiger partial charge in [-0.25, -0.2) is 4.79 Å². The monoisotopic (exact) mass is 422 g/mol. The molecule has 3 aromatic rings. The van der Waals surface area contributed by atoms with Crippen LogP contribution in [0.1, 0.15) is 40.5 Å². The molecule has 1 aromatic heterocycles. The third-order valence-corrected chi connectivity index (χ3v) is 5.70. The number of aryl methyl sites for hydroxylation is 1. The molecule has 5 nitrogen and oxygen atoms in total. The molecular weight excluding hydrogens is 400 g/mol. The molecule has 0 radical (unpaired) electrons. The molecule has 0 fully saturated rings. The molecule has 0 aliphatic heterocycles. The number of amides is 1. The number of hydrogen-bond acceptors (Lipinski definition) is 4. The van der Waals surface area contributed by atoms with Gasteiger partial charge in [0.05, 0.1) is 11.1 Å². The summed E-state index contributed by atoms with van der Waals surface area (Å²) in [6.45, 7) is 2.20. The van der Waals surface area contributed by atoms with Gasteiger partial charge in [-0.2, -0.15) is 0 Å². The van der Waals surface area contributed by atoms with Crippen LogP contribution in [0.3, 0.4) is 0 Å². The van der Waals surface area contributed by atoms with Crippen LogP contribution in [0.25, 0.3) is 10.9 Å². The van der Waals surface area contributed by atoms with Crippen molar-refractivity contribution < 1.29 is 14.3 Å². The Morgan fingerprint density at radius 2 is 1.93 bits per heavy atom. The number of aromatic nitrogens is 1. The average Bonchev–Trinajstić information content (AvgIpc) is 2.75. The number of pyridine rings is 1. The Hall–Kier alpha value is -2.92. The fourth-order valence-corrected chi connectivity index (χ4v) is 3.98. The molecule has 1 N–H and O–H groups in total. The van der Waals surface area contributed by atoms with E-state index in [1.165, 1.54) is 0 Å². The number of halogens is 1. The van der Waals surface area contributed by atoms with E-state index in [1.807, 2.05) is 36.4 Å². The number of fused-ring (bicyclic) bond motifs is 2. The van der Waals surface area contributed by atoms with Gasteiger partial charge in [0.15, 0.2) is 6.61 Å². The van der Waals surface area contributed by atoms with Crippen LogP contribution in [-0.4, -0.2) is 23.5 Å². The maximum Gasteiger partial charge on any atom is 0.339 e. The zero-order valence-electron chi connectivity index (χ0n) is 16.8. The second-order valence-electron chi connectivity index (χ2n) is 7.76. The number of nitrogens with zero attached hydrogens (tertiary/aromatic N) is 1. The second kappa shape index (κ2) is 8.84. The number of hydrogen-bond donors (Lipinski definition) is 1. The SMILES string of the molecule is CC1CCc2nc3ccccc3c(C(=O)OCC(=O)NCc3ccc(Cl)cc3)c2C1. The molecule has 1 aliphatic rings. The van der Waals surface area contributed by atoms with Crippen LogP contribution >= 0.6 is 11.6 Å². The van der Waals surface area contributed by atoms with Crippen LogP contribution < -0.4 is 5.32 Å². The molecule has 154 valence electrons. The molecule has 6 heteroatoms. The molecule has 1 amide bonds. The zero-order valence-corrected chi connectivity index (χ0v) is 17.5. The minimum absolute atomic E-state index is 0.326. The first-order chi connectivity index (χ1) is 14.5. The Balaban J connectivity index is 1.48. The molecule has 2 aromatic carbocycles. The molecule has 0 saturated carbocycles. The average molecular weight is 423 g/mol. The highest BCUT2D eigenvalue weighted by molar-refractivity contribution is 6.30. The highest BCUT2D eigenvalue weighted by Crippen LogP contribution is 2.31. The summed E-state index contributed by atoms with van der Waals surface area (Å²) in [5.74, 6) is -0.339. The van der Waals surface area contributed by atoms with Gasteiger partial charge in [0, 0.05) is 22.6 Å². The first-order valence-electron chi connectivity index (χ1n) is 10.1. The second-order valence-corrected chi connectivity index (χ2v) is 8.19. The lowest BCUT2D eigenvalue weighted by Crippen LogP contribution is -2.29. The van der Waals surface area contributed by atoms with Gasteiger partial charge in [0.2, 0.25) is 0 Å². The summed E-state index contributed by atoms with van der Waals surface area (Å²) in [4.78, 5) is 30.0. The van der Waals surface area contributed by atoms with Gasteiger partial charge in [-0.15, -0.1) is 0 Å². The van der Waals surface area contributed by atoms with Gasteiger partial charge >= 0.3 is 5.97 Å². The van der Waals surface area contributed by atoms with Gasteiger partial charge in [-0.3, -0.25) is 9.78 Å². The molecule has 4 rings (SSSR count). The quantitative estimate of drug-likeness (QED) is 0.615. The van der Waals surface area contributed by atoms with Crippen molar-refractivity contribution in [2.45, 2.75) is 32.7 Å². The summed E-state index contributed by atoms with van der Waals surface area (Å²) in [5, 5.41) is 4.18. The highest BCUT2D eigenvalue weighted by atomic mass is 35.5. The number of rotatable bonds is 5. The number of carbonyl (C=O) groups is 2. The Kier molecular flexibility index (Phi) is 6.00. The van der Waals surface area contributed by atoms with Crippen molar-refractivity contribution in [1.29, 1.82) is 0 Å². The third kappa shape index (κ3) is 4.46. The van der Waals surface area contributed by atoms with E-state index in [-0.39, 0.29) is 12.5 Å². The van der Waals surface area contributed by atoms with Crippen LogP contribution in [-0.2, 0) is 28.9 Å². The lowest BCUT2D eigenvalue weighted by molar-refractivity contribution is -0.124. The van der Waals surface area contributed by atoms with Crippen LogP contribution in [0, 0.1) is 5.92 Å². The summed E-state index contributed by atoms with van der Waals surface area (Å²) < 4.78 is 5.41. The number of carbonyl (C=O) groups excluding carboxylic acids is 2. The Labute approximate surface area is 180 Å². The van der Waals surface area contributed by atoms with Crippen molar-refractivity contribution in [1.82, 2.24) is 10.3 Å². The summed E-state index contributed by atoms with van der Waals surface area (Å²) in [5.41, 5.74) is 4.17. The van der Waals surface area contributed by atoms with Crippen LogP contribution in [0.15, 0.2) is 48.5 Å². The Morgan fingerprint density at radius 3 is 2.73 bits per heavy atom. The van der Waals surface area contributed by atoms with Crippen molar-refractivity contribution in [3.8, 4) is 0 Å². The van der Waals surface area contributed by atoms with E-state index in [2.05, 4.69) is 12.2 Å². The fraction of sp³-hybridized carbons (Fsp3) is 0.292. The maximum atomic E-state index is 13.0. The van der Waals surface area contributed by atoms with Gasteiger partial charge in [0.1, 0.15) is 0 Å². The number of ether oxygens (including phenoxy) is 1. The van der Waals surface area contributed by atoms with Gasteiger partial charge in [0.25, 0.3) is 5.91 Å². The van der Waals surface area contributed by atoms with Crippen molar-refractivity contribution in [2.24, 2.45) is 5.92 Å². The summed E-state index contributed by atoms with van der Waals surface area (Å²) in [7, 11) is 0. The van der Waals surface area contributed by atoms with Gasteiger partial charge in [-0.05, 0) is 54.5 Å². The van der Waals surface area contributed by atoms with E-state index < -0.39 is 5.97 Å². The molecule has 1 aliphatic carbocycles. The Morgan fingerprint density at radius 1 is 1.17 bits per heavy atom. The third-order valence-electron chi connectivity index (χ3n) is 5.45. The van der Waals surface area contributed by atoms with E-state index in [0.717, 1.165) is 47.0 Å². The van der Waals surface area contributed by atoms with Crippen LogP contribution in [0.2, 0.25) is 5.02 Å². The Bertz CT molecular complexity index is 1100. The lowest BCUT2D eigenvalue weighted by atomic mass is 9.84. The summed E-state index contributed by atoms with van der Waals surface area (Å²) in [6, 6.07) is 14.8. The van der Waals surface area contributed by atoms with E-state index >= 15 is 0 Å². The molecule has 1 heterocycles. The standard InChI is InChI=1S/C24H23ClN2O3/c1-15-6-11-21-19(12-15)23(18-4-2-3-5-20(18)27-21)24(29)30-14-22(28)26-13-16-7-9-17(25)10-8-16/h2-5,7-10,15H,6,11-14H2,1H3,(H,26,28). The van der Waals surface area contributed by atoms with E-state index in [0.29, 0.717) is 23.0 Å². The normalized spacial score (nSPS) is 15.5. The first kappa shape index (κ1) is 20.4. The maximum absolute atomic E-state index is 13.0. The molecule has 1 atom stereocenters. The number of para-hydroxylation sites is 1. The van der Waals surface area contributed by atoms with E-state index in [4.69, 9.17) is 21.3 Å². The minimum Gasteiger partial charge on any atom is -0.452 e. The predicted molar refractivity (Wildman–Crippen MR) is 117 cm³/mol.